The van der Waals surface area contributed by atoms with E-state index in [-0.39, 0.29) is 24.3 Å². The molecule has 7 nitrogen and oxygen atoms in total. The van der Waals surface area contributed by atoms with Gasteiger partial charge in [0.05, 0.1) is 5.69 Å². The highest BCUT2D eigenvalue weighted by Crippen LogP contribution is 2.23. The molecule has 3 rings (SSSR count). The number of ether oxygens (including phenoxy) is 1. The van der Waals surface area contributed by atoms with Crippen molar-refractivity contribution in [2.75, 3.05) is 11.9 Å². The van der Waals surface area contributed by atoms with Gasteiger partial charge in [0.15, 0.2) is 12.3 Å². The van der Waals surface area contributed by atoms with Gasteiger partial charge in [0, 0.05) is 29.6 Å². The summed E-state index contributed by atoms with van der Waals surface area (Å²) in [5.41, 5.74) is 6.39. The van der Waals surface area contributed by atoms with Crippen molar-refractivity contribution >= 4 is 23.2 Å². The number of esters is 1. The Balaban J connectivity index is 1.51. The van der Waals surface area contributed by atoms with Gasteiger partial charge in [0.25, 0.3) is 5.91 Å². The first-order chi connectivity index (χ1) is 14.5. The highest BCUT2D eigenvalue weighted by atomic mass is 16.5. The number of nitrogens with one attached hydrogen (secondary N) is 1. The number of anilines is 1. The van der Waals surface area contributed by atoms with E-state index in [1.54, 1.807) is 4.52 Å². The van der Waals surface area contributed by atoms with Crippen LogP contribution < -0.4 is 5.32 Å². The van der Waals surface area contributed by atoms with Crippen LogP contribution in [0.2, 0.25) is 0 Å². The number of amides is 1. The molecule has 0 aliphatic carbocycles. The second-order valence-electron chi connectivity index (χ2n) is 8.85. The van der Waals surface area contributed by atoms with Crippen LogP contribution in [0.1, 0.15) is 55.4 Å². The number of rotatable bonds is 6. The summed E-state index contributed by atoms with van der Waals surface area (Å²) in [7, 11) is 0. The van der Waals surface area contributed by atoms with E-state index < -0.39 is 5.97 Å². The smallest absolute Gasteiger partial charge is 0.306 e. The Hall–Kier alpha value is -3.22. The molecule has 0 radical (unpaired) electrons. The van der Waals surface area contributed by atoms with Crippen molar-refractivity contribution in [3.8, 4) is 0 Å². The van der Waals surface area contributed by atoms with Crippen molar-refractivity contribution in [2.24, 2.45) is 0 Å². The van der Waals surface area contributed by atoms with E-state index in [4.69, 9.17) is 4.74 Å². The number of aryl methyl sites for hydroxylation is 3. The maximum atomic E-state index is 12.2. The molecule has 0 saturated heterocycles. The van der Waals surface area contributed by atoms with Gasteiger partial charge in [-0.3, -0.25) is 9.59 Å². The van der Waals surface area contributed by atoms with Crippen LogP contribution in [0.4, 0.5) is 5.69 Å². The Labute approximate surface area is 182 Å². The van der Waals surface area contributed by atoms with E-state index in [2.05, 4.69) is 36.2 Å². The number of aromatic nitrogens is 3. The molecule has 164 valence electrons. The first-order valence-corrected chi connectivity index (χ1v) is 10.4. The largest absolute Gasteiger partial charge is 0.456 e. The molecule has 0 spiro atoms. The van der Waals surface area contributed by atoms with Crippen LogP contribution in [-0.2, 0) is 26.2 Å². The third-order valence-corrected chi connectivity index (χ3v) is 5.26. The Morgan fingerprint density at radius 1 is 1.10 bits per heavy atom. The lowest BCUT2D eigenvalue weighted by molar-refractivity contribution is -0.147. The number of carbonyl (C=O) groups is 2. The predicted octanol–water partition coefficient (Wildman–Crippen LogP) is 4.07. The number of fused-ring (bicyclic) bond motifs is 1. The summed E-state index contributed by atoms with van der Waals surface area (Å²) < 4.78 is 6.95. The fourth-order valence-corrected chi connectivity index (χ4v) is 3.50. The lowest BCUT2D eigenvalue weighted by Crippen LogP contribution is -2.21. The van der Waals surface area contributed by atoms with Crippen LogP contribution in [0.15, 0.2) is 30.3 Å². The van der Waals surface area contributed by atoms with Gasteiger partial charge < -0.3 is 10.1 Å². The third-order valence-electron chi connectivity index (χ3n) is 5.26. The second-order valence-corrected chi connectivity index (χ2v) is 8.85. The van der Waals surface area contributed by atoms with Gasteiger partial charge in [0.2, 0.25) is 0 Å². The minimum atomic E-state index is -0.422. The Bertz CT molecular complexity index is 1110. The standard InChI is InChI=1S/C24H30N4O3/c1-15-13-21-25-16(2)20(17(3)28(21)27-15)11-12-23(30)31-14-22(29)26-19-9-7-18(8-10-19)24(4,5)6/h7-10,13H,11-12,14H2,1-6H3,(H,26,29). The van der Waals surface area contributed by atoms with E-state index in [0.29, 0.717) is 12.1 Å². The maximum Gasteiger partial charge on any atom is 0.306 e. The van der Waals surface area contributed by atoms with Crippen molar-refractivity contribution < 1.29 is 14.3 Å². The molecule has 0 saturated carbocycles. The monoisotopic (exact) mass is 422 g/mol. The van der Waals surface area contributed by atoms with Crippen LogP contribution >= 0.6 is 0 Å². The third kappa shape index (κ3) is 5.48. The van der Waals surface area contributed by atoms with Gasteiger partial charge in [-0.2, -0.15) is 5.10 Å². The number of carbonyl (C=O) groups excluding carboxylic acids is 2. The number of nitrogens with zero attached hydrogens (tertiary/aromatic N) is 3. The normalized spacial score (nSPS) is 11.5. The van der Waals surface area contributed by atoms with Crippen LogP contribution in [0.3, 0.4) is 0 Å². The van der Waals surface area contributed by atoms with Crippen LogP contribution in [-0.4, -0.2) is 33.1 Å². The molecule has 0 bridgehead atoms. The summed E-state index contributed by atoms with van der Waals surface area (Å²) >= 11 is 0. The van der Waals surface area contributed by atoms with Gasteiger partial charge in [-0.25, -0.2) is 9.50 Å². The minimum absolute atomic E-state index is 0.0467. The number of hydrogen-bond donors (Lipinski definition) is 1. The van der Waals surface area contributed by atoms with Crippen molar-refractivity contribution in [1.29, 1.82) is 0 Å². The van der Waals surface area contributed by atoms with Crippen molar-refractivity contribution in [3.63, 3.8) is 0 Å². The van der Waals surface area contributed by atoms with E-state index in [1.165, 1.54) is 5.56 Å². The van der Waals surface area contributed by atoms with Crippen molar-refractivity contribution in [2.45, 2.75) is 59.8 Å². The molecule has 2 heterocycles. The Morgan fingerprint density at radius 3 is 2.42 bits per heavy atom. The highest BCUT2D eigenvalue weighted by Gasteiger charge is 2.15. The molecule has 0 aliphatic rings. The zero-order valence-electron chi connectivity index (χ0n) is 19.1. The van der Waals surface area contributed by atoms with E-state index in [0.717, 1.165) is 28.3 Å². The van der Waals surface area contributed by atoms with Crippen LogP contribution in [0.25, 0.3) is 5.65 Å². The first-order valence-electron chi connectivity index (χ1n) is 10.4. The second kappa shape index (κ2) is 8.88. The molecule has 0 fully saturated rings. The average molecular weight is 423 g/mol. The molecular formula is C24H30N4O3. The molecule has 1 aromatic carbocycles. The fourth-order valence-electron chi connectivity index (χ4n) is 3.50. The topological polar surface area (TPSA) is 85.6 Å². The Morgan fingerprint density at radius 2 is 1.77 bits per heavy atom. The zero-order valence-corrected chi connectivity index (χ0v) is 19.1. The summed E-state index contributed by atoms with van der Waals surface area (Å²) in [4.78, 5) is 28.9. The Kier molecular flexibility index (Phi) is 6.43. The van der Waals surface area contributed by atoms with E-state index >= 15 is 0 Å². The van der Waals surface area contributed by atoms with E-state index in [9.17, 15) is 9.59 Å². The zero-order chi connectivity index (χ0) is 22.8. The van der Waals surface area contributed by atoms with Crippen molar-refractivity contribution in [1.82, 2.24) is 14.6 Å². The molecule has 1 amide bonds. The number of benzene rings is 1. The summed E-state index contributed by atoms with van der Waals surface area (Å²) in [6.45, 7) is 11.9. The van der Waals surface area contributed by atoms with Gasteiger partial charge in [0.1, 0.15) is 0 Å². The van der Waals surface area contributed by atoms with Crippen LogP contribution in [0, 0.1) is 20.8 Å². The fraction of sp³-hybridized carbons (Fsp3) is 0.417. The summed E-state index contributed by atoms with van der Waals surface area (Å²) in [5, 5.41) is 7.20. The van der Waals surface area contributed by atoms with Crippen LogP contribution in [0.5, 0.6) is 0 Å². The molecule has 7 heteroatoms. The summed E-state index contributed by atoms with van der Waals surface area (Å²) in [6.07, 6.45) is 0.650. The maximum absolute atomic E-state index is 12.2. The molecule has 2 aromatic heterocycles. The van der Waals surface area contributed by atoms with Crippen molar-refractivity contribution in [3.05, 3.63) is 58.5 Å². The summed E-state index contributed by atoms with van der Waals surface area (Å²) in [6, 6.07) is 9.60. The summed E-state index contributed by atoms with van der Waals surface area (Å²) in [5.74, 6) is -0.784. The minimum Gasteiger partial charge on any atom is -0.456 e. The molecule has 31 heavy (non-hydrogen) atoms. The van der Waals surface area contributed by atoms with Gasteiger partial charge in [-0.15, -0.1) is 0 Å². The highest BCUT2D eigenvalue weighted by molar-refractivity contribution is 5.92. The average Bonchev–Trinajstić information content (AvgIpc) is 3.06. The molecule has 1 N–H and O–H groups in total. The lowest BCUT2D eigenvalue weighted by Gasteiger charge is -2.19. The quantitative estimate of drug-likeness (QED) is 0.605. The predicted molar refractivity (Wildman–Crippen MR) is 120 cm³/mol. The SMILES string of the molecule is Cc1cc2nc(C)c(CCC(=O)OCC(=O)Nc3ccc(C(C)(C)C)cc3)c(C)n2n1. The lowest BCUT2D eigenvalue weighted by atomic mass is 9.87. The van der Waals surface area contributed by atoms with Gasteiger partial charge >= 0.3 is 5.97 Å². The van der Waals surface area contributed by atoms with Gasteiger partial charge in [-0.05, 0) is 55.9 Å². The molecule has 3 aromatic rings. The molecule has 0 aliphatic heterocycles. The molecular weight excluding hydrogens is 392 g/mol. The molecule has 0 atom stereocenters. The first kappa shape index (κ1) is 22.5. The van der Waals surface area contributed by atoms with E-state index in [1.807, 2.05) is 51.1 Å². The van der Waals surface area contributed by atoms with Gasteiger partial charge in [-0.1, -0.05) is 32.9 Å². The number of hydrogen-bond acceptors (Lipinski definition) is 5. The molecule has 0 unspecified atom stereocenters.